The summed E-state index contributed by atoms with van der Waals surface area (Å²) in [6, 6.07) is 0.479. The molecule has 0 aromatic heterocycles. The number of nitrogens with two attached hydrogens (primary N) is 1. The van der Waals surface area contributed by atoms with Crippen LogP contribution in [0, 0.1) is 5.92 Å². The zero-order chi connectivity index (χ0) is 12.3. The van der Waals surface area contributed by atoms with Crippen LogP contribution in [0.3, 0.4) is 0 Å². The molecule has 1 saturated heterocycles. The molecular weight excluding hydrogens is 214 g/mol. The Morgan fingerprint density at radius 2 is 2.06 bits per heavy atom. The van der Waals surface area contributed by atoms with E-state index in [0.29, 0.717) is 18.6 Å². The Kier molecular flexibility index (Phi) is 4.42. The highest BCUT2D eigenvalue weighted by molar-refractivity contribution is 4.98. The first-order valence-electron chi connectivity index (χ1n) is 6.96. The zero-order valence-corrected chi connectivity index (χ0v) is 11.0. The van der Waals surface area contributed by atoms with Gasteiger partial charge in [-0.05, 0) is 51.7 Å². The largest absolute Gasteiger partial charge is 0.396 e. The molecule has 1 saturated carbocycles. The minimum atomic E-state index is 0.120. The molecule has 0 spiro atoms. The first-order chi connectivity index (χ1) is 8.19. The van der Waals surface area contributed by atoms with Crippen LogP contribution in [0.25, 0.3) is 0 Å². The lowest BCUT2D eigenvalue weighted by Crippen LogP contribution is -2.60. The summed E-state index contributed by atoms with van der Waals surface area (Å²) in [7, 11) is 2.17. The number of hydrogen-bond donors (Lipinski definition) is 3. The number of nitrogens with zero attached hydrogens (tertiary/aromatic N) is 1. The third-order valence-electron chi connectivity index (χ3n) is 4.72. The van der Waals surface area contributed by atoms with Gasteiger partial charge in [-0.2, -0.15) is 0 Å². The van der Waals surface area contributed by atoms with Gasteiger partial charge in [0.1, 0.15) is 0 Å². The van der Waals surface area contributed by atoms with Gasteiger partial charge in [0, 0.05) is 24.7 Å². The third-order valence-corrected chi connectivity index (χ3v) is 4.72. The summed E-state index contributed by atoms with van der Waals surface area (Å²) in [6.45, 7) is 3.29. The Balaban J connectivity index is 1.94. The van der Waals surface area contributed by atoms with Crippen LogP contribution in [-0.4, -0.2) is 54.9 Å². The normalized spacial score (nSPS) is 34.1. The van der Waals surface area contributed by atoms with Gasteiger partial charge < -0.3 is 21.1 Å². The van der Waals surface area contributed by atoms with Crippen LogP contribution < -0.4 is 11.1 Å². The Labute approximate surface area is 105 Å². The molecule has 2 atom stereocenters. The highest BCUT2D eigenvalue weighted by Gasteiger charge is 2.37. The van der Waals surface area contributed by atoms with Gasteiger partial charge in [0.15, 0.2) is 0 Å². The number of nitrogens with one attached hydrogen (secondary N) is 1. The van der Waals surface area contributed by atoms with Gasteiger partial charge in [0.25, 0.3) is 0 Å². The highest BCUT2D eigenvalue weighted by Crippen LogP contribution is 2.29. The Hall–Kier alpha value is -0.160. The Bertz CT molecular complexity index is 239. The van der Waals surface area contributed by atoms with Crippen molar-refractivity contribution in [3.63, 3.8) is 0 Å². The van der Waals surface area contributed by atoms with Gasteiger partial charge in [-0.1, -0.05) is 6.42 Å². The van der Waals surface area contributed by atoms with Crippen molar-refractivity contribution in [2.45, 2.75) is 43.7 Å². The monoisotopic (exact) mass is 241 g/mol. The van der Waals surface area contributed by atoms with Crippen molar-refractivity contribution < 1.29 is 5.11 Å². The van der Waals surface area contributed by atoms with E-state index in [4.69, 9.17) is 5.73 Å². The maximum atomic E-state index is 9.39. The molecule has 1 heterocycles. The summed E-state index contributed by atoms with van der Waals surface area (Å²) in [4.78, 5) is 2.37. The number of aliphatic hydroxyl groups excluding tert-OH is 1. The van der Waals surface area contributed by atoms with Crippen molar-refractivity contribution in [2.75, 3.05) is 33.3 Å². The predicted molar refractivity (Wildman–Crippen MR) is 69.9 cm³/mol. The Morgan fingerprint density at radius 3 is 2.65 bits per heavy atom. The summed E-state index contributed by atoms with van der Waals surface area (Å²) in [5.74, 6) is 0.443. The molecule has 4 nitrogen and oxygen atoms in total. The second kappa shape index (κ2) is 5.65. The smallest absolute Gasteiger partial charge is 0.0474 e. The molecule has 0 bridgehead atoms. The molecule has 1 aliphatic heterocycles. The van der Waals surface area contributed by atoms with Gasteiger partial charge in [-0.25, -0.2) is 0 Å². The first kappa shape index (κ1) is 13.3. The van der Waals surface area contributed by atoms with E-state index in [1.165, 1.54) is 12.8 Å². The summed E-state index contributed by atoms with van der Waals surface area (Å²) < 4.78 is 0. The zero-order valence-electron chi connectivity index (χ0n) is 11.0. The van der Waals surface area contributed by atoms with Gasteiger partial charge in [0.2, 0.25) is 0 Å². The van der Waals surface area contributed by atoms with E-state index in [1.807, 2.05) is 0 Å². The molecule has 1 aliphatic carbocycles. The molecule has 2 rings (SSSR count). The molecule has 100 valence electrons. The van der Waals surface area contributed by atoms with E-state index in [-0.39, 0.29) is 5.54 Å². The molecule has 0 amide bonds. The number of piperidine rings is 1. The van der Waals surface area contributed by atoms with Crippen molar-refractivity contribution in [1.82, 2.24) is 10.2 Å². The van der Waals surface area contributed by atoms with Crippen LogP contribution in [0.15, 0.2) is 0 Å². The van der Waals surface area contributed by atoms with Crippen molar-refractivity contribution >= 4 is 0 Å². The quantitative estimate of drug-likeness (QED) is 0.656. The molecule has 0 aromatic rings. The number of likely N-dealkylation sites (tertiary alicyclic amines) is 1. The van der Waals surface area contributed by atoms with Crippen molar-refractivity contribution in [3.05, 3.63) is 0 Å². The standard InChI is InChI=1S/C13H27N3O/c1-16-7-5-13(10-14,6-8-16)15-12-4-2-3-11(12)9-17/h11-12,15,17H,2-10,14H2,1H3. The first-order valence-corrected chi connectivity index (χ1v) is 6.96. The minimum Gasteiger partial charge on any atom is -0.396 e. The van der Waals surface area contributed by atoms with Crippen molar-refractivity contribution in [3.8, 4) is 0 Å². The average molecular weight is 241 g/mol. The van der Waals surface area contributed by atoms with E-state index in [0.717, 1.165) is 38.9 Å². The maximum Gasteiger partial charge on any atom is 0.0474 e. The van der Waals surface area contributed by atoms with E-state index < -0.39 is 0 Å². The fourth-order valence-corrected chi connectivity index (χ4v) is 3.29. The van der Waals surface area contributed by atoms with Crippen molar-refractivity contribution in [1.29, 1.82) is 0 Å². The lowest BCUT2D eigenvalue weighted by molar-refractivity contribution is 0.125. The Morgan fingerprint density at radius 1 is 1.35 bits per heavy atom. The van der Waals surface area contributed by atoms with Crippen LogP contribution in [0.4, 0.5) is 0 Å². The van der Waals surface area contributed by atoms with Crippen LogP contribution in [0.5, 0.6) is 0 Å². The van der Waals surface area contributed by atoms with Crippen molar-refractivity contribution in [2.24, 2.45) is 11.7 Å². The van der Waals surface area contributed by atoms with Gasteiger partial charge in [0.05, 0.1) is 0 Å². The maximum absolute atomic E-state index is 9.39. The molecule has 2 fully saturated rings. The molecule has 4 heteroatoms. The number of rotatable bonds is 4. The molecule has 4 N–H and O–H groups in total. The molecule has 2 aliphatic rings. The van der Waals surface area contributed by atoms with Gasteiger partial charge >= 0.3 is 0 Å². The van der Waals surface area contributed by atoms with Crippen LogP contribution in [0.1, 0.15) is 32.1 Å². The topological polar surface area (TPSA) is 61.5 Å². The van der Waals surface area contributed by atoms with Gasteiger partial charge in [-0.3, -0.25) is 0 Å². The summed E-state index contributed by atoms with van der Waals surface area (Å²) >= 11 is 0. The van der Waals surface area contributed by atoms with E-state index >= 15 is 0 Å². The second-order valence-electron chi connectivity index (χ2n) is 5.91. The molecule has 0 radical (unpaired) electrons. The number of hydrogen-bond acceptors (Lipinski definition) is 4. The summed E-state index contributed by atoms with van der Waals surface area (Å²) in [6.07, 6.45) is 5.87. The molecule has 2 unspecified atom stereocenters. The van der Waals surface area contributed by atoms with E-state index in [1.54, 1.807) is 0 Å². The van der Waals surface area contributed by atoms with Crippen LogP contribution in [-0.2, 0) is 0 Å². The molecule has 17 heavy (non-hydrogen) atoms. The van der Waals surface area contributed by atoms with Crippen LogP contribution >= 0.6 is 0 Å². The highest BCUT2D eigenvalue weighted by atomic mass is 16.3. The fourth-order valence-electron chi connectivity index (χ4n) is 3.29. The van der Waals surface area contributed by atoms with Crippen LogP contribution in [0.2, 0.25) is 0 Å². The number of aliphatic hydroxyl groups is 1. The lowest BCUT2D eigenvalue weighted by atomic mass is 9.85. The van der Waals surface area contributed by atoms with E-state index in [9.17, 15) is 5.11 Å². The minimum absolute atomic E-state index is 0.120. The summed E-state index contributed by atoms with van der Waals surface area (Å²) in [5.41, 5.74) is 6.13. The van der Waals surface area contributed by atoms with E-state index in [2.05, 4.69) is 17.3 Å². The van der Waals surface area contributed by atoms with Gasteiger partial charge in [-0.15, -0.1) is 0 Å². The SMILES string of the molecule is CN1CCC(CN)(NC2CCCC2CO)CC1. The third kappa shape index (κ3) is 2.99. The lowest BCUT2D eigenvalue weighted by Gasteiger charge is -2.43. The molecule has 0 aromatic carbocycles. The molecular formula is C13H27N3O. The summed E-state index contributed by atoms with van der Waals surface area (Å²) in [5, 5.41) is 13.2. The fraction of sp³-hybridized carbons (Fsp3) is 1.00. The average Bonchev–Trinajstić information content (AvgIpc) is 2.79. The predicted octanol–water partition coefficient (Wildman–Crippen LogP) is 0.160. The second-order valence-corrected chi connectivity index (χ2v) is 5.91.